The lowest BCUT2D eigenvalue weighted by molar-refractivity contribution is -0.145. The Hall–Kier alpha value is -4.94. The lowest BCUT2D eigenvalue weighted by atomic mass is 9.95. The minimum atomic E-state index is -4.67. The lowest BCUT2D eigenvalue weighted by Gasteiger charge is -2.33. The quantitative estimate of drug-likeness (QED) is 0.192. The maximum atomic E-state index is 14.5. The van der Waals surface area contributed by atoms with Crippen LogP contribution in [-0.2, 0) is 24.1 Å². The van der Waals surface area contributed by atoms with Crippen molar-refractivity contribution in [2.24, 2.45) is 0 Å². The number of pyridine rings is 1. The highest BCUT2D eigenvalue weighted by molar-refractivity contribution is 5.78. The van der Waals surface area contributed by atoms with Gasteiger partial charge in [-0.3, -0.25) is 14.7 Å². The molecule has 0 radical (unpaired) electrons. The third kappa shape index (κ3) is 7.59. The molecule has 1 aliphatic rings. The van der Waals surface area contributed by atoms with Gasteiger partial charge in [0.2, 0.25) is 0 Å². The van der Waals surface area contributed by atoms with E-state index in [9.17, 15) is 28.3 Å². The highest BCUT2D eigenvalue weighted by Gasteiger charge is 2.35. The van der Waals surface area contributed by atoms with Crippen molar-refractivity contribution in [1.82, 2.24) is 9.88 Å². The van der Waals surface area contributed by atoms with Crippen LogP contribution in [0.4, 0.5) is 13.2 Å². The van der Waals surface area contributed by atoms with Crippen LogP contribution in [-0.4, -0.2) is 33.5 Å². The Kier molecular flexibility index (Phi) is 9.65. The van der Waals surface area contributed by atoms with Gasteiger partial charge in [-0.05, 0) is 72.3 Å². The van der Waals surface area contributed by atoms with E-state index in [1.807, 2.05) is 61.5 Å². The average molecular weight is 612 g/mol. The van der Waals surface area contributed by atoms with E-state index < -0.39 is 23.8 Å². The normalized spacial score (nSPS) is 15.6. The number of ether oxygens (including phenoxy) is 1. The Morgan fingerprint density at radius 2 is 1.84 bits per heavy atom. The summed E-state index contributed by atoms with van der Waals surface area (Å²) >= 11 is 0. The van der Waals surface area contributed by atoms with E-state index in [1.54, 1.807) is 17.0 Å². The molecule has 2 heterocycles. The zero-order valence-corrected chi connectivity index (χ0v) is 24.7. The van der Waals surface area contributed by atoms with Gasteiger partial charge in [-0.2, -0.15) is 18.4 Å². The number of aromatic nitrogens is 1. The molecule has 3 aromatic carbocycles. The van der Waals surface area contributed by atoms with Gasteiger partial charge in [-0.25, -0.2) is 0 Å². The minimum Gasteiger partial charge on any atom is -0.488 e. The Morgan fingerprint density at radius 3 is 2.58 bits per heavy atom. The van der Waals surface area contributed by atoms with Gasteiger partial charge in [0.05, 0.1) is 11.1 Å². The summed E-state index contributed by atoms with van der Waals surface area (Å²) in [5, 5.41) is 19.0. The van der Waals surface area contributed by atoms with Gasteiger partial charge >= 0.3 is 12.1 Å². The molecule has 1 fully saturated rings. The van der Waals surface area contributed by atoms with Crippen LogP contribution in [0.2, 0.25) is 0 Å². The molecule has 1 saturated heterocycles. The predicted octanol–water partition coefficient (Wildman–Crippen LogP) is 8.14. The molecule has 9 heteroatoms. The highest BCUT2D eigenvalue weighted by Crippen LogP contribution is 2.38. The number of hydrogen-bond donors (Lipinski definition) is 1. The average Bonchev–Trinajstić information content (AvgIpc) is 3.04. The smallest absolute Gasteiger partial charge is 0.417 e. The maximum Gasteiger partial charge on any atom is 0.417 e. The van der Waals surface area contributed by atoms with Gasteiger partial charge in [0, 0.05) is 30.1 Å². The van der Waals surface area contributed by atoms with Crippen molar-refractivity contribution in [3.8, 4) is 22.9 Å². The number of nitrogens with zero attached hydrogens (tertiary/aromatic N) is 3. The van der Waals surface area contributed by atoms with Crippen LogP contribution in [0.1, 0.15) is 58.2 Å². The number of likely N-dealkylation sites (tertiary alicyclic amines) is 1. The van der Waals surface area contributed by atoms with Crippen LogP contribution < -0.4 is 4.74 Å². The molecule has 0 aliphatic carbocycles. The molecule has 5 rings (SSSR count). The van der Waals surface area contributed by atoms with Gasteiger partial charge in [-0.1, -0.05) is 67.1 Å². The molecule has 0 saturated carbocycles. The second-order valence-corrected chi connectivity index (χ2v) is 11.1. The largest absolute Gasteiger partial charge is 0.488 e. The first-order valence-corrected chi connectivity index (χ1v) is 14.6. The zero-order valence-electron chi connectivity index (χ0n) is 24.7. The van der Waals surface area contributed by atoms with E-state index >= 15 is 0 Å². The molecule has 0 spiro atoms. The van der Waals surface area contributed by atoms with Gasteiger partial charge in [0.1, 0.15) is 24.5 Å². The van der Waals surface area contributed by atoms with Gasteiger partial charge in [0.25, 0.3) is 0 Å². The molecule has 1 aliphatic heterocycles. The molecule has 0 unspecified atom stereocenters. The first-order chi connectivity index (χ1) is 21.6. The SMILES string of the molecule is Cc1c(/C=C/c2cc(OCc3cncc(C#N)c3)c(CN3CCCC[C@H]3C(=O)O)cc2C(F)(F)F)cccc1-c1ccccc1. The van der Waals surface area contributed by atoms with Crippen LogP contribution in [0.25, 0.3) is 23.3 Å². The monoisotopic (exact) mass is 611 g/mol. The van der Waals surface area contributed by atoms with E-state index in [4.69, 9.17) is 4.74 Å². The zero-order chi connectivity index (χ0) is 32.0. The predicted molar refractivity (Wildman–Crippen MR) is 166 cm³/mol. The van der Waals surface area contributed by atoms with E-state index in [0.717, 1.165) is 41.2 Å². The van der Waals surface area contributed by atoms with E-state index in [2.05, 4.69) is 4.98 Å². The van der Waals surface area contributed by atoms with Crippen LogP contribution in [0, 0.1) is 18.3 Å². The van der Waals surface area contributed by atoms with Crippen molar-refractivity contribution in [1.29, 1.82) is 5.26 Å². The van der Waals surface area contributed by atoms with E-state index in [1.165, 1.54) is 24.5 Å². The molecule has 0 amide bonds. The third-order valence-electron chi connectivity index (χ3n) is 8.03. The topological polar surface area (TPSA) is 86.5 Å². The van der Waals surface area contributed by atoms with Crippen molar-refractivity contribution in [3.63, 3.8) is 0 Å². The summed E-state index contributed by atoms with van der Waals surface area (Å²) in [6, 6.07) is 20.7. The van der Waals surface area contributed by atoms with Crippen LogP contribution >= 0.6 is 0 Å². The number of carbonyl (C=O) groups is 1. The molecule has 1 atom stereocenters. The summed E-state index contributed by atoms with van der Waals surface area (Å²) < 4.78 is 49.7. The standard InChI is InChI=1S/C36H32F3N3O3/c1-24-27(10-7-11-31(24)28-8-3-2-4-9-28)13-14-29-18-34(45-23-26-16-25(19-40)20-41-21-26)30(17-32(29)36(37,38)39)22-42-15-6-5-12-33(42)35(43)44/h2-4,7-11,13-14,16-18,20-21,33H,5-6,12,15,22-23H2,1H3,(H,43,44)/b14-13+/t33-/m0/s1. The number of nitriles is 1. The number of carboxylic acid groups (broad SMARTS) is 1. The first-order valence-electron chi connectivity index (χ1n) is 14.6. The van der Waals surface area contributed by atoms with Gasteiger partial charge in [0.15, 0.2) is 0 Å². The second kappa shape index (κ2) is 13.8. The van der Waals surface area contributed by atoms with Gasteiger partial charge in [-0.15, -0.1) is 0 Å². The summed E-state index contributed by atoms with van der Waals surface area (Å²) in [6.07, 6.45) is 3.28. The number of hydrogen-bond acceptors (Lipinski definition) is 5. The highest BCUT2D eigenvalue weighted by atomic mass is 19.4. The van der Waals surface area contributed by atoms with Crippen molar-refractivity contribution >= 4 is 18.1 Å². The van der Waals surface area contributed by atoms with Crippen LogP contribution in [0.5, 0.6) is 5.75 Å². The summed E-state index contributed by atoms with van der Waals surface area (Å²) in [6.45, 7) is 2.33. The second-order valence-electron chi connectivity index (χ2n) is 11.1. The van der Waals surface area contributed by atoms with E-state index in [0.29, 0.717) is 24.1 Å². The molecule has 1 N–H and O–H groups in total. The Labute approximate surface area is 260 Å². The van der Waals surface area contributed by atoms with Crippen LogP contribution in [0.15, 0.2) is 79.1 Å². The summed E-state index contributed by atoms with van der Waals surface area (Å²) in [7, 11) is 0. The molecule has 0 bridgehead atoms. The fourth-order valence-corrected chi connectivity index (χ4v) is 5.69. The Balaban J connectivity index is 1.56. The number of alkyl halides is 3. The fourth-order valence-electron chi connectivity index (χ4n) is 5.69. The number of carboxylic acids is 1. The van der Waals surface area contributed by atoms with Gasteiger partial charge < -0.3 is 9.84 Å². The summed E-state index contributed by atoms with van der Waals surface area (Å²) in [5.74, 6) is -0.797. The molecule has 1 aromatic heterocycles. The number of halogens is 3. The van der Waals surface area contributed by atoms with Crippen molar-refractivity contribution < 1.29 is 27.8 Å². The van der Waals surface area contributed by atoms with Crippen molar-refractivity contribution in [2.45, 2.75) is 51.6 Å². The Bertz CT molecular complexity index is 1750. The molecule has 4 aromatic rings. The fraction of sp³-hybridized carbons (Fsp3) is 0.250. The first kappa shape index (κ1) is 31.5. The number of piperidine rings is 1. The molecule has 230 valence electrons. The van der Waals surface area contributed by atoms with E-state index in [-0.39, 0.29) is 30.0 Å². The number of benzene rings is 3. The summed E-state index contributed by atoms with van der Waals surface area (Å²) in [5.41, 5.74) is 3.91. The van der Waals surface area contributed by atoms with Crippen molar-refractivity contribution in [2.75, 3.05) is 6.54 Å². The molecular formula is C36H32F3N3O3. The third-order valence-corrected chi connectivity index (χ3v) is 8.03. The summed E-state index contributed by atoms with van der Waals surface area (Å²) in [4.78, 5) is 17.7. The number of aliphatic carboxylic acids is 1. The van der Waals surface area contributed by atoms with Crippen molar-refractivity contribution in [3.05, 3.63) is 118 Å². The molecular weight excluding hydrogens is 579 g/mol. The Morgan fingerprint density at radius 1 is 1.07 bits per heavy atom. The number of rotatable bonds is 9. The van der Waals surface area contributed by atoms with Crippen LogP contribution in [0.3, 0.4) is 0 Å². The lowest BCUT2D eigenvalue weighted by Crippen LogP contribution is -2.44. The maximum absolute atomic E-state index is 14.5. The molecule has 6 nitrogen and oxygen atoms in total. The molecule has 45 heavy (non-hydrogen) atoms. The minimum absolute atomic E-state index is 0.0198.